The summed E-state index contributed by atoms with van der Waals surface area (Å²) in [6.45, 7) is 2.33. The average molecular weight is 289 g/mol. The van der Waals surface area contributed by atoms with E-state index in [1.807, 2.05) is 30.3 Å². The molecule has 0 atom stereocenters. The molecule has 1 N–H and O–H groups in total. The van der Waals surface area contributed by atoms with Crippen LogP contribution >= 0.6 is 0 Å². The first-order valence-corrected chi connectivity index (χ1v) is 8.42. The van der Waals surface area contributed by atoms with Gasteiger partial charge < -0.3 is 14.8 Å². The number of benzene rings is 1. The van der Waals surface area contributed by atoms with Crippen molar-refractivity contribution in [2.45, 2.75) is 56.6 Å². The van der Waals surface area contributed by atoms with E-state index in [0.717, 1.165) is 18.3 Å². The number of rotatable bonds is 8. The van der Waals surface area contributed by atoms with Gasteiger partial charge in [-0.2, -0.15) is 0 Å². The first kappa shape index (κ1) is 14.9. The third kappa shape index (κ3) is 4.72. The zero-order valence-electron chi connectivity index (χ0n) is 12.9. The molecule has 0 unspecified atom stereocenters. The summed E-state index contributed by atoms with van der Waals surface area (Å²) in [4.78, 5) is 0. The number of para-hydroxylation sites is 1. The lowest BCUT2D eigenvalue weighted by molar-refractivity contribution is -0.0764. The second-order valence-corrected chi connectivity index (χ2v) is 6.41. The van der Waals surface area contributed by atoms with Crippen molar-refractivity contribution in [2.24, 2.45) is 0 Å². The highest BCUT2D eigenvalue weighted by molar-refractivity contribution is 5.20. The van der Waals surface area contributed by atoms with E-state index in [4.69, 9.17) is 9.47 Å². The molecule has 2 aliphatic carbocycles. The number of ether oxygens (including phenoxy) is 2. The Balaban J connectivity index is 1.42. The lowest BCUT2D eigenvalue weighted by Gasteiger charge is -2.37. The highest BCUT2D eigenvalue weighted by atomic mass is 16.5. The zero-order valence-corrected chi connectivity index (χ0v) is 12.9. The number of hydrogen-bond donors (Lipinski definition) is 1. The summed E-state index contributed by atoms with van der Waals surface area (Å²) in [5.74, 6) is 0.926. The minimum absolute atomic E-state index is 0.0564. The van der Waals surface area contributed by atoms with Gasteiger partial charge in [0.2, 0.25) is 0 Å². The summed E-state index contributed by atoms with van der Waals surface area (Å²) in [6.07, 6.45) is 9.02. The first-order chi connectivity index (χ1) is 10.4. The van der Waals surface area contributed by atoms with E-state index in [1.165, 1.54) is 44.9 Å². The van der Waals surface area contributed by atoms with Gasteiger partial charge in [-0.1, -0.05) is 37.5 Å². The van der Waals surface area contributed by atoms with Crippen molar-refractivity contribution in [3.8, 4) is 5.75 Å². The van der Waals surface area contributed by atoms with Crippen molar-refractivity contribution in [3.63, 3.8) is 0 Å². The fourth-order valence-electron chi connectivity index (χ4n) is 3.12. The predicted molar refractivity (Wildman–Crippen MR) is 84.7 cm³/mol. The molecule has 0 amide bonds. The van der Waals surface area contributed by atoms with Crippen LogP contribution in [0, 0.1) is 0 Å². The normalized spacial score (nSPS) is 21.1. The molecule has 0 saturated heterocycles. The standard InChI is InChI=1S/C18H27NO2/c1-3-7-17(8-4-1)20-13-14-21-18(11-5-2-6-12-18)15-19-16-9-10-16/h1,3-4,7-8,16,19H,2,5-6,9-15H2. The fourth-order valence-corrected chi connectivity index (χ4v) is 3.12. The Bertz CT molecular complexity index is 410. The van der Waals surface area contributed by atoms with Crippen LogP contribution in [0.4, 0.5) is 0 Å². The van der Waals surface area contributed by atoms with Gasteiger partial charge in [-0.15, -0.1) is 0 Å². The predicted octanol–water partition coefficient (Wildman–Crippen LogP) is 3.54. The fraction of sp³-hybridized carbons (Fsp3) is 0.667. The molecule has 0 aromatic heterocycles. The molecular weight excluding hydrogens is 262 g/mol. The average Bonchev–Trinajstić information content (AvgIpc) is 3.36. The maximum atomic E-state index is 6.28. The van der Waals surface area contributed by atoms with Crippen molar-refractivity contribution in [1.29, 1.82) is 0 Å². The van der Waals surface area contributed by atoms with E-state index in [-0.39, 0.29) is 5.60 Å². The molecule has 0 spiro atoms. The van der Waals surface area contributed by atoms with Crippen molar-refractivity contribution in [1.82, 2.24) is 5.32 Å². The van der Waals surface area contributed by atoms with Crippen molar-refractivity contribution < 1.29 is 9.47 Å². The quantitative estimate of drug-likeness (QED) is 0.743. The van der Waals surface area contributed by atoms with Gasteiger partial charge in [0.25, 0.3) is 0 Å². The first-order valence-electron chi connectivity index (χ1n) is 8.42. The maximum absolute atomic E-state index is 6.28. The Hall–Kier alpha value is -1.06. The van der Waals surface area contributed by atoms with Gasteiger partial charge >= 0.3 is 0 Å². The van der Waals surface area contributed by atoms with E-state index in [9.17, 15) is 0 Å². The van der Waals surface area contributed by atoms with E-state index in [1.54, 1.807) is 0 Å². The smallest absolute Gasteiger partial charge is 0.119 e. The van der Waals surface area contributed by atoms with Gasteiger partial charge in [-0.05, 0) is 37.8 Å². The Morgan fingerprint density at radius 3 is 2.48 bits per heavy atom. The molecule has 2 aliphatic rings. The van der Waals surface area contributed by atoms with Gasteiger partial charge in [-0.3, -0.25) is 0 Å². The third-order valence-corrected chi connectivity index (χ3v) is 4.56. The van der Waals surface area contributed by atoms with Gasteiger partial charge in [0.15, 0.2) is 0 Å². The third-order valence-electron chi connectivity index (χ3n) is 4.56. The molecular formula is C18H27NO2. The van der Waals surface area contributed by atoms with Crippen LogP contribution < -0.4 is 10.1 Å². The molecule has 0 radical (unpaired) electrons. The largest absolute Gasteiger partial charge is 0.491 e. The summed E-state index contributed by atoms with van der Waals surface area (Å²) < 4.78 is 12.0. The summed E-state index contributed by atoms with van der Waals surface area (Å²) >= 11 is 0. The Kier molecular flexibility index (Phi) is 5.15. The van der Waals surface area contributed by atoms with Crippen LogP contribution in [0.15, 0.2) is 30.3 Å². The lowest BCUT2D eigenvalue weighted by atomic mass is 9.84. The van der Waals surface area contributed by atoms with Crippen molar-refractivity contribution in [3.05, 3.63) is 30.3 Å². The summed E-state index contributed by atoms with van der Waals surface area (Å²) in [5.41, 5.74) is 0.0564. The molecule has 116 valence electrons. The van der Waals surface area contributed by atoms with Crippen LogP contribution in [0.5, 0.6) is 5.75 Å². The van der Waals surface area contributed by atoms with Crippen LogP contribution in [0.25, 0.3) is 0 Å². The number of hydrogen-bond acceptors (Lipinski definition) is 3. The van der Waals surface area contributed by atoms with E-state index >= 15 is 0 Å². The van der Waals surface area contributed by atoms with E-state index in [2.05, 4.69) is 5.32 Å². The zero-order chi connectivity index (χ0) is 14.4. The molecule has 21 heavy (non-hydrogen) atoms. The SMILES string of the molecule is c1ccc(OCCOC2(CNC3CC3)CCCCC2)cc1. The summed E-state index contributed by atoms with van der Waals surface area (Å²) in [6, 6.07) is 10.7. The van der Waals surface area contributed by atoms with Gasteiger partial charge in [0, 0.05) is 12.6 Å². The molecule has 3 heteroatoms. The van der Waals surface area contributed by atoms with Gasteiger partial charge in [0.1, 0.15) is 12.4 Å². The van der Waals surface area contributed by atoms with E-state index < -0.39 is 0 Å². The Morgan fingerprint density at radius 1 is 1.00 bits per heavy atom. The van der Waals surface area contributed by atoms with Gasteiger partial charge in [0.05, 0.1) is 12.2 Å². The van der Waals surface area contributed by atoms with E-state index in [0.29, 0.717) is 13.2 Å². The summed E-state index contributed by atoms with van der Waals surface area (Å²) in [7, 11) is 0. The molecule has 3 rings (SSSR count). The van der Waals surface area contributed by atoms with Crippen LogP contribution in [0.3, 0.4) is 0 Å². The maximum Gasteiger partial charge on any atom is 0.119 e. The Labute approximate surface area is 128 Å². The lowest BCUT2D eigenvalue weighted by Crippen LogP contribution is -2.46. The van der Waals surface area contributed by atoms with Crippen LogP contribution in [0.1, 0.15) is 44.9 Å². The van der Waals surface area contributed by atoms with Crippen LogP contribution in [-0.4, -0.2) is 31.4 Å². The second kappa shape index (κ2) is 7.28. The minimum atomic E-state index is 0.0564. The molecule has 0 aliphatic heterocycles. The van der Waals surface area contributed by atoms with Crippen molar-refractivity contribution in [2.75, 3.05) is 19.8 Å². The minimum Gasteiger partial charge on any atom is -0.491 e. The molecule has 0 bridgehead atoms. The molecule has 0 heterocycles. The Morgan fingerprint density at radius 2 is 1.76 bits per heavy atom. The highest BCUT2D eigenvalue weighted by Crippen LogP contribution is 2.32. The highest BCUT2D eigenvalue weighted by Gasteiger charge is 2.34. The van der Waals surface area contributed by atoms with Crippen LogP contribution in [0.2, 0.25) is 0 Å². The summed E-state index contributed by atoms with van der Waals surface area (Å²) in [5, 5.41) is 3.66. The molecule has 1 aromatic rings. The monoisotopic (exact) mass is 289 g/mol. The second-order valence-electron chi connectivity index (χ2n) is 6.41. The molecule has 3 nitrogen and oxygen atoms in total. The van der Waals surface area contributed by atoms with Crippen LogP contribution in [-0.2, 0) is 4.74 Å². The molecule has 1 aromatic carbocycles. The number of nitrogens with one attached hydrogen (secondary N) is 1. The van der Waals surface area contributed by atoms with Crippen molar-refractivity contribution >= 4 is 0 Å². The molecule has 2 saturated carbocycles. The molecule has 2 fully saturated rings. The van der Waals surface area contributed by atoms with Gasteiger partial charge in [-0.25, -0.2) is 0 Å². The topological polar surface area (TPSA) is 30.5 Å².